The van der Waals surface area contributed by atoms with Gasteiger partial charge in [0.05, 0.1) is 37.3 Å². The molecule has 0 radical (unpaired) electrons. The number of esters is 2. The highest BCUT2D eigenvalue weighted by Crippen LogP contribution is 2.28. The van der Waals surface area contributed by atoms with Crippen LogP contribution in [0, 0.1) is 12.8 Å². The SMILES string of the molecule is CCOC(=O)CC(Cc1cc(C)c2[nH]ncc2c1CCl)C(=O)OCC. The van der Waals surface area contributed by atoms with Crippen LogP contribution in [0.1, 0.15) is 37.0 Å². The topological polar surface area (TPSA) is 81.3 Å². The van der Waals surface area contributed by atoms with Crippen LogP contribution in [0.2, 0.25) is 0 Å². The molecule has 25 heavy (non-hydrogen) atoms. The quantitative estimate of drug-likeness (QED) is 0.572. The number of H-pyrrole nitrogens is 1. The first kappa shape index (κ1) is 19.2. The maximum Gasteiger partial charge on any atom is 0.309 e. The first-order chi connectivity index (χ1) is 12.0. The van der Waals surface area contributed by atoms with E-state index in [4.69, 9.17) is 21.1 Å². The van der Waals surface area contributed by atoms with Crippen LogP contribution < -0.4 is 0 Å². The molecule has 2 rings (SSSR count). The summed E-state index contributed by atoms with van der Waals surface area (Å²) in [7, 11) is 0. The van der Waals surface area contributed by atoms with Crippen molar-refractivity contribution in [3.8, 4) is 0 Å². The van der Waals surface area contributed by atoms with E-state index in [0.717, 1.165) is 27.6 Å². The third-order valence-corrected chi connectivity index (χ3v) is 4.34. The Morgan fingerprint density at radius 2 is 2.00 bits per heavy atom. The standard InChI is InChI=1S/C18H23ClN2O4/c1-4-24-16(22)8-13(18(23)25-5-2)7-12-6-11(3)17-15(10-20-21-17)14(12)9-19/h6,10,13H,4-5,7-9H2,1-3H3,(H,20,21). The zero-order chi connectivity index (χ0) is 18.4. The number of hydrogen-bond acceptors (Lipinski definition) is 5. The van der Waals surface area contributed by atoms with Crippen LogP contribution in [0.15, 0.2) is 12.3 Å². The molecule has 0 aliphatic heterocycles. The van der Waals surface area contributed by atoms with E-state index in [0.29, 0.717) is 12.3 Å². The van der Waals surface area contributed by atoms with E-state index in [2.05, 4.69) is 10.2 Å². The molecule has 0 saturated heterocycles. The van der Waals surface area contributed by atoms with Gasteiger partial charge in [0.1, 0.15) is 0 Å². The molecule has 2 aromatic rings. The van der Waals surface area contributed by atoms with Crippen molar-refractivity contribution in [1.82, 2.24) is 10.2 Å². The molecule has 1 N–H and O–H groups in total. The van der Waals surface area contributed by atoms with Crippen LogP contribution in [0.4, 0.5) is 0 Å². The minimum atomic E-state index is -0.607. The Morgan fingerprint density at radius 3 is 2.64 bits per heavy atom. The Bertz CT molecular complexity index is 757. The summed E-state index contributed by atoms with van der Waals surface area (Å²) in [6, 6.07) is 1.98. The van der Waals surface area contributed by atoms with E-state index < -0.39 is 17.9 Å². The number of aryl methyl sites for hydroxylation is 1. The summed E-state index contributed by atoms with van der Waals surface area (Å²) in [4.78, 5) is 24.2. The van der Waals surface area contributed by atoms with E-state index in [-0.39, 0.29) is 19.6 Å². The van der Waals surface area contributed by atoms with E-state index in [1.54, 1.807) is 20.0 Å². The van der Waals surface area contributed by atoms with E-state index >= 15 is 0 Å². The van der Waals surface area contributed by atoms with Gasteiger partial charge in [0.2, 0.25) is 0 Å². The molecule has 7 heteroatoms. The van der Waals surface area contributed by atoms with Crippen LogP contribution >= 0.6 is 11.6 Å². The third kappa shape index (κ3) is 4.51. The molecule has 1 aromatic heterocycles. The van der Waals surface area contributed by atoms with Gasteiger partial charge in [0.15, 0.2) is 0 Å². The smallest absolute Gasteiger partial charge is 0.309 e. The molecule has 136 valence electrons. The molecular weight excluding hydrogens is 344 g/mol. The van der Waals surface area contributed by atoms with E-state index in [1.807, 2.05) is 13.0 Å². The Labute approximate surface area is 151 Å². The lowest BCUT2D eigenvalue weighted by molar-refractivity contribution is -0.154. The largest absolute Gasteiger partial charge is 0.466 e. The summed E-state index contributed by atoms with van der Waals surface area (Å²) >= 11 is 6.15. The molecule has 0 spiro atoms. The molecule has 1 unspecified atom stereocenters. The van der Waals surface area contributed by atoms with Crippen molar-refractivity contribution in [2.45, 2.75) is 39.5 Å². The molecule has 0 saturated carbocycles. The van der Waals surface area contributed by atoms with E-state index in [1.165, 1.54) is 0 Å². The zero-order valence-electron chi connectivity index (χ0n) is 14.7. The van der Waals surface area contributed by atoms with Crippen molar-refractivity contribution >= 4 is 34.4 Å². The van der Waals surface area contributed by atoms with Crippen molar-refractivity contribution < 1.29 is 19.1 Å². The van der Waals surface area contributed by atoms with Gasteiger partial charge in [-0.25, -0.2) is 0 Å². The van der Waals surface area contributed by atoms with Crippen LogP contribution in [-0.2, 0) is 31.4 Å². The van der Waals surface area contributed by atoms with Gasteiger partial charge < -0.3 is 9.47 Å². The van der Waals surface area contributed by atoms with Crippen LogP contribution in [0.3, 0.4) is 0 Å². The summed E-state index contributed by atoms with van der Waals surface area (Å²) in [5.41, 5.74) is 3.77. The molecule has 1 heterocycles. The highest BCUT2D eigenvalue weighted by Gasteiger charge is 2.26. The molecule has 0 aliphatic rings. The van der Waals surface area contributed by atoms with Crippen molar-refractivity contribution in [2.75, 3.05) is 13.2 Å². The second-order valence-corrected chi connectivity index (χ2v) is 6.05. The highest BCUT2D eigenvalue weighted by molar-refractivity contribution is 6.18. The minimum absolute atomic E-state index is 0.0170. The fourth-order valence-electron chi connectivity index (χ4n) is 2.93. The lowest BCUT2D eigenvalue weighted by Gasteiger charge is -2.17. The summed E-state index contributed by atoms with van der Waals surface area (Å²) in [6.07, 6.45) is 2.08. The first-order valence-corrected chi connectivity index (χ1v) is 8.87. The number of aromatic amines is 1. The Morgan fingerprint density at radius 1 is 1.28 bits per heavy atom. The van der Waals surface area contributed by atoms with Crippen molar-refractivity contribution in [2.24, 2.45) is 5.92 Å². The molecule has 0 amide bonds. The Hall–Kier alpha value is -2.08. The number of ether oxygens (including phenoxy) is 2. The van der Waals surface area contributed by atoms with Crippen molar-refractivity contribution in [3.05, 3.63) is 29.0 Å². The number of nitrogens with zero attached hydrogens (tertiary/aromatic N) is 1. The zero-order valence-corrected chi connectivity index (χ0v) is 15.5. The average molecular weight is 367 g/mol. The van der Waals surface area contributed by atoms with Gasteiger partial charge in [-0.15, -0.1) is 11.6 Å². The molecule has 1 atom stereocenters. The molecule has 1 aromatic carbocycles. The third-order valence-electron chi connectivity index (χ3n) is 4.08. The number of carbonyl (C=O) groups excluding carboxylic acids is 2. The maximum absolute atomic E-state index is 12.3. The number of fused-ring (bicyclic) bond motifs is 1. The molecule has 6 nitrogen and oxygen atoms in total. The van der Waals surface area contributed by atoms with Gasteiger partial charge in [0, 0.05) is 11.3 Å². The number of alkyl halides is 1. The fraction of sp³-hybridized carbons (Fsp3) is 0.500. The van der Waals surface area contributed by atoms with Gasteiger partial charge in [0.25, 0.3) is 0 Å². The van der Waals surface area contributed by atoms with E-state index in [9.17, 15) is 9.59 Å². The van der Waals surface area contributed by atoms with Crippen molar-refractivity contribution in [1.29, 1.82) is 0 Å². The van der Waals surface area contributed by atoms with Crippen LogP contribution in [0.5, 0.6) is 0 Å². The summed E-state index contributed by atoms with van der Waals surface area (Å²) in [5.74, 6) is -1.12. The monoisotopic (exact) mass is 366 g/mol. The predicted molar refractivity (Wildman–Crippen MR) is 95.5 cm³/mol. The highest BCUT2D eigenvalue weighted by atomic mass is 35.5. The second kappa shape index (κ2) is 8.85. The number of benzene rings is 1. The molecule has 0 aliphatic carbocycles. The summed E-state index contributed by atoms with van der Waals surface area (Å²) in [6.45, 7) is 5.98. The maximum atomic E-state index is 12.3. The second-order valence-electron chi connectivity index (χ2n) is 5.79. The van der Waals surface area contributed by atoms with Gasteiger partial charge in [-0.2, -0.15) is 5.10 Å². The molecule has 0 bridgehead atoms. The molecular formula is C18H23ClN2O4. The Kier molecular flexibility index (Phi) is 6.82. The van der Waals surface area contributed by atoms with Crippen LogP contribution in [-0.4, -0.2) is 35.3 Å². The van der Waals surface area contributed by atoms with Crippen LogP contribution in [0.25, 0.3) is 10.9 Å². The van der Waals surface area contributed by atoms with Gasteiger partial charge in [-0.05, 0) is 43.9 Å². The normalized spacial score (nSPS) is 12.2. The van der Waals surface area contributed by atoms with Gasteiger partial charge in [-0.3, -0.25) is 14.7 Å². The predicted octanol–water partition coefficient (Wildman–Crippen LogP) is 3.29. The lowest BCUT2D eigenvalue weighted by atomic mass is 9.91. The first-order valence-electron chi connectivity index (χ1n) is 8.34. The van der Waals surface area contributed by atoms with Gasteiger partial charge >= 0.3 is 11.9 Å². The minimum Gasteiger partial charge on any atom is -0.466 e. The number of hydrogen-bond donors (Lipinski definition) is 1. The Balaban J connectivity index is 2.35. The van der Waals surface area contributed by atoms with Gasteiger partial charge in [-0.1, -0.05) is 6.07 Å². The summed E-state index contributed by atoms with van der Waals surface area (Å²) < 4.78 is 10.1. The molecule has 0 fully saturated rings. The number of aromatic nitrogens is 2. The lowest BCUT2D eigenvalue weighted by Crippen LogP contribution is -2.24. The summed E-state index contributed by atoms with van der Waals surface area (Å²) in [5, 5.41) is 7.97. The fourth-order valence-corrected chi connectivity index (χ4v) is 3.25. The number of rotatable bonds is 8. The number of carbonyl (C=O) groups is 2. The number of halogens is 1. The average Bonchev–Trinajstić information content (AvgIpc) is 3.05. The number of nitrogens with one attached hydrogen (secondary N) is 1. The van der Waals surface area contributed by atoms with Crippen molar-refractivity contribution in [3.63, 3.8) is 0 Å².